The van der Waals surface area contributed by atoms with E-state index in [1.165, 1.54) is 45.8 Å². The van der Waals surface area contributed by atoms with Gasteiger partial charge in [0.1, 0.15) is 28.7 Å². The molecule has 0 saturated carbocycles. The number of para-hydroxylation sites is 2. The molecule has 0 radical (unpaired) electrons. The van der Waals surface area contributed by atoms with Crippen molar-refractivity contribution in [3.05, 3.63) is 172 Å². The lowest BCUT2D eigenvalue weighted by atomic mass is 10.1. The molecule has 0 aliphatic rings. The number of hydrogen-bond donors (Lipinski definition) is 1. The Kier molecular flexibility index (Phi) is 29.5. The van der Waals surface area contributed by atoms with Crippen LogP contribution < -0.4 is 33.2 Å². The third-order valence-corrected chi connectivity index (χ3v) is 36.6. The van der Waals surface area contributed by atoms with E-state index in [0.29, 0.717) is 0 Å². The number of aliphatic hydroxyl groups is 1. The zero-order valence-corrected chi connectivity index (χ0v) is 61.4. The highest BCUT2D eigenvalue weighted by atomic mass is 28.4. The number of aryl methyl sites for hydroxylation is 3. The van der Waals surface area contributed by atoms with Gasteiger partial charge in [-0.25, -0.2) is 0 Å². The molecule has 468 valence electrons. The Morgan fingerprint density at radius 3 is 1.13 bits per heavy atom. The summed E-state index contributed by atoms with van der Waals surface area (Å²) in [4.78, 5) is 0. The Balaban J connectivity index is 0.000000274. The van der Waals surface area contributed by atoms with Crippen LogP contribution in [0.5, 0.6) is 40.2 Å². The Morgan fingerprint density at radius 1 is 0.294 bits per heavy atom. The molecule has 0 amide bonds. The van der Waals surface area contributed by atoms with Crippen molar-refractivity contribution in [2.45, 2.75) is 160 Å². The first kappa shape index (κ1) is 72.5. The molecule has 11 nitrogen and oxygen atoms in total. The largest absolute Gasteiger partial charge is 0.497 e. The fraction of sp³-hybridized carbons (Fsp3) is 0.471. The number of rotatable bonds is 32. The van der Waals surface area contributed by atoms with Crippen LogP contribution in [0.15, 0.2) is 133 Å². The summed E-state index contributed by atoms with van der Waals surface area (Å²) in [6.45, 7) is 28.0. The molecule has 6 aromatic rings. The molecule has 6 rings (SSSR count). The topological polar surface area (TPSA) is 113 Å². The molecule has 0 aliphatic heterocycles. The third-order valence-electron chi connectivity index (χ3n) is 14.9. The molecule has 85 heavy (non-hydrogen) atoms. The number of hydrogen-bond acceptors (Lipinski definition) is 11. The fourth-order valence-electron chi connectivity index (χ4n) is 11.5. The van der Waals surface area contributed by atoms with Crippen LogP contribution in [0.3, 0.4) is 0 Å². The van der Waals surface area contributed by atoms with Crippen LogP contribution >= 0.6 is 0 Å². The van der Waals surface area contributed by atoms with Crippen molar-refractivity contribution in [3.63, 3.8) is 0 Å². The van der Waals surface area contributed by atoms with Crippen molar-refractivity contribution in [1.82, 2.24) is 0 Å². The van der Waals surface area contributed by atoms with Gasteiger partial charge in [0.25, 0.3) is 0 Å². The highest BCUT2D eigenvalue weighted by molar-refractivity contribution is 6.86. The molecule has 0 saturated heterocycles. The summed E-state index contributed by atoms with van der Waals surface area (Å²) < 4.78 is 58.0. The van der Waals surface area contributed by atoms with Gasteiger partial charge in [-0.3, -0.25) is 0 Å². The van der Waals surface area contributed by atoms with E-state index >= 15 is 0 Å². The van der Waals surface area contributed by atoms with Gasteiger partial charge < -0.3 is 50.6 Å². The van der Waals surface area contributed by atoms with Gasteiger partial charge in [0, 0.05) is 5.56 Å². The molecule has 0 unspecified atom stereocenters. The quantitative estimate of drug-likeness (QED) is 0.0408. The zero-order valence-electron chi connectivity index (χ0n) is 55.4. The first-order valence-electron chi connectivity index (χ1n) is 30.2. The van der Waals surface area contributed by atoms with Crippen molar-refractivity contribution < 1.29 is 50.6 Å². The number of aliphatic hydroxyl groups excluding tert-OH is 1. The van der Waals surface area contributed by atoms with Crippen LogP contribution in [0.2, 0.25) is 96.7 Å². The number of ether oxygens (including phenoxy) is 7. The standard InChI is InChI=1S/C24H38O5Si2.2C22H34O3Si2/c1-26-22-12-11-20(15-21(22)17-25)18-31(6,7)29-30(4,5)14-8-9-19-10-13-23(27-2)24(16-19)28-3;1-23-21-15-9-7-12-19(21)14-11-17-26(3,4)25-27(5,6)18-20-13-8-10-16-22(20)24-2;1-23-21-13-9-19(10-14-21)8-7-17-26(3,4)25-27(5,6)18-20-11-15-22(24-2)16-12-20/h10-13,15-16,25H,8-9,14,17-18H2,1-7H3;7-10,12-13,15-16H,11,14,17-18H2,1-6H3;9-16H,7-8,17-18H2,1-6H3. The SMILES string of the molecule is COc1ccc(CCC[Si](C)(C)O[Si](C)(C)Cc2ccc(OC)cc2)cc1.COc1ccc(C[Si](C)(C)O[Si](C)(C)CCCc2ccc(OC)c(OC)c2)cc1CO.COc1ccccc1CCC[Si](C)(C)O[Si](C)(C)Cc1ccccc1OC. The summed E-state index contributed by atoms with van der Waals surface area (Å²) >= 11 is 0. The summed E-state index contributed by atoms with van der Waals surface area (Å²) in [5, 5.41) is 9.60. The lowest BCUT2D eigenvalue weighted by molar-refractivity contribution is 0.273. The van der Waals surface area contributed by atoms with Gasteiger partial charge >= 0.3 is 0 Å². The van der Waals surface area contributed by atoms with Gasteiger partial charge in [0.05, 0.1) is 56.4 Å². The second-order valence-electron chi connectivity index (χ2n) is 25.8. The molecule has 1 N–H and O–H groups in total. The van der Waals surface area contributed by atoms with Crippen molar-refractivity contribution in [2.75, 3.05) is 49.8 Å². The molecule has 0 aromatic heterocycles. The van der Waals surface area contributed by atoms with Gasteiger partial charge in [-0.05, 0) is 247 Å². The van der Waals surface area contributed by atoms with Crippen LogP contribution in [0.4, 0.5) is 0 Å². The van der Waals surface area contributed by atoms with Gasteiger partial charge in [0.15, 0.2) is 61.4 Å². The van der Waals surface area contributed by atoms with E-state index in [0.717, 1.165) is 108 Å². The monoisotopic (exact) mass is 1270 g/mol. The smallest absolute Gasteiger partial charge is 0.177 e. The predicted molar refractivity (Wildman–Crippen MR) is 369 cm³/mol. The summed E-state index contributed by atoms with van der Waals surface area (Å²) in [7, 11) is 1.21. The van der Waals surface area contributed by atoms with Crippen molar-refractivity contribution in [2.24, 2.45) is 0 Å². The average Bonchev–Trinajstić information content (AvgIpc) is 3.66. The van der Waals surface area contributed by atoms with Crippen molar-refractivity contribution in [1.29, 1.82) is 0 Å². The summed E-state index contributed by atoms with van der Waals surface area (Å²) in [5.41, 5.74) is 8.55. The number of methoxy groups -OCH3 is 7. The van der Waals surface area contributed by atoms with E-state index in [2.05, 4.69) is 145 Å². The lowest BCUT2D eigenvalue weighted by Crippen LogP contribution is -2.46. The maximum Gasteiger partial charge on any atom is 0.177 e. The van der Waals surface area contributed by atoms with E-state index in [-0.39, 0.29) is 6.61 Å². The Morgan fingerprint density at radius 2 is 0.659 bits per heavy atom. The molecule has 0 heterocycles. The minimum absolute atomic E-state index is 0.0176. The molecular weight excluding hydrogens is 1160 g/mol. The predicted octanol–water partition coefficient (Wildman–Crippen LogP) is 17.0. The second kappa shape index (κ2) is 34.6. The summed E-state index contributed by atoms with van der Waals surface area (Å²) in [6, 6.07) is 52.1. The minimum atomic E-state index is -1.90. The summed E-state index contributed by atoms with van der Waals surface area (Å²) in [5.74, 6) is 6.07. The maximum absolute atomic E-state index is 9.60. The normalized spacial score (nSPS) is 12.0. The second-order valence-corrected chi connectivity index (χ2v) is 51.9. The van der Waals surface area contributed by atoms with Crippen LogP contribution in [-0.2, 0) is 56.3 Å². The van der Waals surface area contributed by atoms with Gasteiger partial charge in [-0.2, -0.15) is 0 Å². The first-order chi connectivity index (χ1) is 40.1. The van der Waals surface area contributed by atoms with E-state index in [9.17, 15) is 5.11 Å². The maximum atomic E-state index is 9.60. The third kappa shape index (κ3) is 26.5. The van der Waals surface area contributed by atoms with Crippen LogP contribution in [-0.4, -0.2) is 105 Å². The van der Waals surface area contributed by atoms with E-state index in [1.807, 2.05) is 66.7 Å². The highest BCUT2D eigenvalue weighted by Gasteiger charge is 2.36. The fourth-order valence-corrected chi connectivity index (χ4v) is 38.2. The van der Waals surface area contributed by atoms with Crippen molar-refractivity contribution in [3.8, 4) is 40.2 Å². The molecule has 0 fully saturated rings. The Bertz CT molecular complexity index is 2890. The number of benzene rings is 6. The van der Waals surface area contributed by atoms with Gasteiger partial charge in [-0.15, -0.1) is 0 Å². The van der Waals surface area contributed by atoms with E-state index < -0.39 is 49.9 Å². The van der Waals surface area contributed by atoms with E-state index in [1.54, 1.807) is 49.8 Å². The molecule has 6 aromatic carbocycles. The van der Waals surface area contributed by atoms with Gasteiger partial charge in [0.2, 0.25) is 0 Å². The molecule has 0 bridgehead atoms. The zero-order chi connectivity index (χ0) is 62.9. The molecule has 17 heteroatoms. The molecule has 0 aliphatic carbocycles. The molecular formula is C68H106O11Si6. The van der Waals surface area contributed by atoms with Crippen LogP contribution in [0.25, 0.3) is 0 Å². The highest BCUT2D eigenvalue weighted by Crippen LogP contribution is 2.32. The van der Waals surface area contributed by atoms with Crippen LogP contribution in [0.1, 0.15) is 58.2 Å². The first-order valence-corrected chi connectivity index (χ1v) is 48.9. The minimum Gasteiger partial charge on any atom is -0.497 e. The Labute approximate surface area is 519 Å². The summed E-state index contributed by atoms with van der Waals surface area (Å²) in [6.07, 6.45) is 6.55. The van der Waals surface area contributed by atoms with Gasteiger partial charge in [-0.1, -0.05) is 72.8 Å². The van der Waals surface area contributed by atoms with E-state index in [4.69, 9.17) is 45.5 Å². The van der Waals surface area contributed by atoms with Crippen molar-refractivity contribution >= 4 is 49.9 Å². The van der Waals surface area contributed by atoms with Crippen LogP contribution in [0, 0.1) is 0 Å². The molecule has 0 atom stereocenters. The Hall–Kier alpha value is -4.94. The lowest BCUT2D eigenvalue weighted by Gasteiger charge is -2.34. The average molecular weight is 1270 g/mol. The molecule has 0 spiro atoms.